The number of aromatic nitrogens is 4. The second kappa shape index (κ2) is 9.02. The molecule has 0 radical (unpaired) electrons. The van der Waals surface area contributed by atoms with Crippen molar-refractivity contribution in [1.29, 1.82) is 0 Å². The van der Waals surface area contributed by atoms with Crippen molar-refractivity contribution in [2.75, 3.05) is 7.11 Å². The number of oxazole rings is 1. The number of ether oxygens (including phenoxy) is 1. The number of nitrogens with zero attached hydrogens (tertiary/aromatic N) is 4. The number of hydrogen-bond acceptors (Lipinski definition) is 7. The van der Waals surface area contributed by atoms with Crippen LogP contribution >= 0.6 is 23.1 Å². The molecule has 3 heterocycles. The first kappa shape index (κ1) is 20.5. The average molecular weight is 461 g/mol. The van der Waals surface area contributed by atoms with Gasteiger partial charge in [-0.3, -0.25) is 4.57 Å². The van der Waals surface area contributed by atoms with Gasteiger partial charge >= 0.3 is 0 Å². The highest BCUT2D eigenvalue weighted by Crippen LogP contribution is 2.35. The van der Waals surface area contributed by atoms with Crippen molar-refractivity contribution in [3.05, 3.63) is 83.6 Å². The van der Waals surface area contributed by atoms with Gasteiger partial charge in [-0.2, -0.15) is 0 Å². The fourth-order valence-corrected chi connectivity index (χ4v) is 5.00. The van der Waals surface area contributed by atoms with E-state index in [2.05, 4.69) is 10.2 Å². The maximum atomic E-state index is 5.92. The van der Waals surface area contributed by atoms with Crippen molar-refractivity contribution >= 4 is 23.1 Å². The molecule has 0 amide bonds. The van der Waals surface area contributed by atoms with Crippen LogP contribution in [0.5, 0.6) is 5.75 Å². The van der Waals surface area contributed by atoms with Crippen LogP contribution in [0.1, 0.15) is 11.5 Å². The third-order valence-corrected chi connectivity index (χ3v) is 6.76. The molecule has 0 bridgehead atoms. The number of aryl methyl sites for hydroxylation is 1. The first-order chi connectivity index (χ1) is 15.7. The van der Waals surface area contributed by atoms with E-state index in [1.54, 1.807) is 30.2 Å². The Morgan fingerprint density at radius 2 is 1.81 bits per heavy atom. The maximum Gasteiger partial charge on any atom is 0.226 e. The zero-order valence-electron chi connectivity index (χ0n) is 17.6. The summed E-state index contributed by atoms with van der Waals surface area (Å²) in [6.45, 7) is 1.94. The quantitative estimate of drug-likeness (QED) is 0.267. The lowest BCUT2D eigenvalue weighted by Gasteiger charge is -2.13. The Bertz CT molecular complexity index is 1330. The molecule has 2 aromatic carbocycles. The number of rotatable bonds is 7. The van der Waals surface area contributed by atoms with E-state index in [0.717, 1.165) is 44.3 Å². The zero-order valence-corrected chi connectivity index (χ0v) is 19.2. The second-order valence-electron chi connectivity index (χ2n) is 6.97. The summed E-state index contributed by atoms with van der Waals surface area (Å²) in [7, 11) is 1.67. The molecule has 0 fully saturated rings. The smallest absolute Gasteiger partial charge is 0.226 e. The summed E-state index contributed by atoms with van der Waals surface area (Å²) in [5.74, 6) is 3.59. The Kier molecular flexibility index (Phi) is 5.79. The largest absolute Gasteiger partial charge is 0.495 e. The predicted molar refractivity (Wildman–Crippen MR) is 127 cm³/mol. The van der Waals surface area contributed by atoms with Crippen LogP contribution < -0.4 is 4.74 Å². The molecule has 0 aliphatic carbocycles. The van der Waals surface area contributed by atoms with Gasteiger partial charge < -0.3 is 9.15 Å². The summed E-state index contributed by atoms with van der Waals surface area (Å²) in [4.78, 5) is 5.76. The van der Waals surface area contributed by atoms with E-state index in [1.165, 1.54) is 0 Å². The summed E-state index contributed by atoms with van der Waals surface area (Å²) in [6, 6.07) is 21.9. The molecule has 3 aromatic heterocycles. The van der Waals surface area contributed by atoms with Gasteiger partial charge in [0.2, 0.25) is 5.89 Å². The van der Waals surface area contributed by atoms with Crippen molar-refractivity contribution in [2.45, 2.75) is 17.8 Å². The topological polar surface area (TPSA) is 66.0 Å². The standard InChI is InChI=1S/C24H20N4O2S2/c1-16-18(25-23(30-16)17-9-4-3-5-10-17)15-32-24-27-26-22(21-13-8-14-31-21)28(24)19-11-6-7-12-20(19)29-2/h3-14H,15H2,1-2H3. The molecule has 0 saturated carbocycles. The van der Waals surface area contributed by atoms with Gasteiger partial charge in [-0.05, 0) is 42.6 Å². The van der Waals surface area contributed by atoms with E-state index in [1.807, 2.05) is 83.6 Å². The summed E-state index contributed by atoms with van der Waals surface area (Å²) >= 11 is 3.20. The minimum atomic E-state index is 0.611. The Morgan fingerprint density at radius 3 is 2.59 bits per heavy atom. The molecule has 0 spiro atoms. The van der Waals surface area contributed by atoms with Crippen LogP contribution in [0.4, 0.5) is 0 Å². The minimum Gasteiger partial charge on any atom is -0.495 e. The van der Waals surface area contributed by atoms with Crippen LogP contribution in [0, 0.1) is 6.92 Å². The molecule has 0 aliphatic rings. The highest BCUT2D eigenvalue weighted by atomic mass is 32.2. The van der Waals surface area contributed by atoms with Crippen LogP contribution in [0.25, 0.3) is 27.8 Å². The first-order valence-corrected chi connectivity index (χ1v) is 11.9. The molecule has 0 atom stereocenters. The maximum absolute atomic E-state index is 5.92. The number of methoxy groups -OCH3 is 1. The molecule has 8 heteroatoms. The fraction of sp³-hybridized carbons (Fsp3) is 0.125. The highest BCUT2D eigenvalue weighted by Gasteiger charge is 2.20. The lowest BCUT2D eigenvalue weighted by molar-refractivity contribution is 0.412. The SMILES string of the molecule is COc1ccccc1-n1c(SCc2nc(-c3ccccc3)oc2C)nnc1-c1cccs1. The summed E-state index contributed by atoms with van der Waals surface area (Å²) in [5, 5.41) is 11.8. The number of hydrogen-bond donors (Lipinski definition) is 0. The van der Waals surface area contributed by atoms with Crippen LogP contribution in [0.2, 0.25) is 0 Å². The number of benzene rings is 2. The van der Waals surface area contributed by atoms with Gasteiger partial charge in [0.05, 0.1) is 23.4 Å². The molecule has 32 heavy (non-hydrogen) atoms. The molecule has 5 rings (SSSR count). The van der Waals surface area contributed by atoms with Crippen molar-refractivity contribution < 1.29 is 9.15 Å². The summed E-state index contributed by atoms with van der Waals surface area (Å²) in [6.07, 6.45) is 0. The van der Waals surface area contributed by atoms with Crippen LogP contribution in [-0.4, -0.2) is 26.9 Å². The second-order valence-corrected chi connectivity index (χ2v) is 8.86. The van der Waals surface area contributed by atoms with E-state index in [0.29, 0.717) is 11.6 Å². The summed E-state index contributed by atoms with van der Waals surface area (Å²) in [5.41, 5.74) is 2.75. The van der Waals surface area contributed by atoms with Gasteiger partial charge in [0.1, 0.15) is 11.5 Å². The van der Waals surface area contributed by atoms with Crippen LogP contribution in [0.3, 0.4) is 0 Å². The Labute approximate surface area is 193 Å². The Morgan fingerprint density at radius 1 is 1.00 bits per heavy atom. The number of thiophene rings is 1. The molecule has 0 saturated heterocycles. The van der Waals surface area contributed by atoms with Gasteiger partial charge in [0, 0.05) is 11.3 Å². The molecule has 6 nitrogen and oxygen atoms in total. The first-order valence-electron chi connectivity index (χ1n) is 10.0. The Hall–Kier alpha value is -3.36. The molecular weight excluding hydrogens is 440 g/mol. The molecule has 160 valence electrons. The van der Waals surface area contributed by atoms with Gasteiger partial charge in [-0.1, -0.05) is 48.2 Å². The van der Waals surface area contributed by atoms with Gasteiger partial charge in [-0.15, -0.1) is 21.5 Å². The third-order valence-electron chi connectivity index (χ3n) is 4.95. The zero-order chi connectivity index (χ0) is 21.9. The van der Waals surface area contributed by atoms with E-state index < -0.39 is 0 Å². The van der Waals surface area contributed by atoms with Crippen molar-refractivity contribution in [3.63, 3.8) is 0 Å². The monoisotopic (exact) mass is 460 g/mol. The lowest BCUT2D eigenvalue weighted by Crippen LogP contribution is -2.02. The van der Waals surface area contributed by atoms with E-state index >= 15 is 0 Å². The fourth-order valence-electron chi connectivity index (χ4n) is 3.36. The van der Waals surface area contributed by atoms with Gasteiger partial charge in [0.25, 0.3) is 0 Å². The highest BCUT2D eigenvalue weighted by molar-refractivity contribution is 7.98. The molecule has 0 aliphatic heterocycles. The summed E-state index contributed by atoms with van der Waals surface area (Å²) < 4.78 is 13.6. The van der Waals surface area contributed by atoms with Crippen LogP contribution in [-0.2, 0) is 5.75 Å². The van der Waals surface area contributed by atoms with E-state index in [4.69, 9.17) is 14.1 Å². The number of para-hydroxylation sites is 2. The average Bonchev–Trinajstić information content (AvgIpc) is 3.58. The molecular formula is C24H20N4O2S2. The van der Waals surface area contributed by atoms with Crippen LogP contribution in [0.15, 0.2) is 81.7 Å². The van der Waals surface area contributed by atoms with Crippen molar-refractivity contribution in [2.24, 2.45) is 0 Å². The van der Waals surface area contributed by atoms with E-state index in [9.17, 15) is 0 Å². The van der Waals surface area contributed by atoms with Gasteiger partial charge in [0.15, 0.2) is 11.0 Å². The predicted octanol–water partition coefficient (Wildman–Crippen LogP) is 6.26. The van der Waals surface area contributed by atoms with Gasteiger partial charge in [-0.25, -0.2) is 4.98 Å². The molecule has 0 N–H and O–H groups in total. The molecule has 5 aromatic rings. The van der Waals surface area contributed by atoms with Crippen molar-refractivity contribution in [1.82, 2.24) is 19.7 Å². The normalized spacial score (nSPS) is 11.1. The minimum absolute atomic E-state index is 0.611. The van der Waals surface area contributed by atoms with E-state index in [-0.39, 0.29) is 0 Å². The Balaban J connectivity index is 1.49. The number of thioether (sulfide) groups is 1. The lowest BCUT2D eigenvalue weighted by atomic mass is 10.2. The molecule has 0 unspecified atom stereocenters. The third kappa shape index (κ3) is 3.94. The van der Waals surface area contributed by atoms with Crippen molar-refractivity contribution in [3.8, 4) is 33.6 Å².